The molecule has 1 saturated heterocycles. The molecule has 3 aromatic rings. The van der Waals surface area contributed by atoms with Gasteiger partial charge in [0.2, 0.25) is 11.7 Å². The molecule has 0 saturated carbocycles. The molecule has 1 aromatic carbocycles. The Morgan fingerprint density at radius 2 is 2.00 bits per heavy atom. The van der Waals surface area contributed by atoms with Crippen LogP contribution >= 0.6 is 0 Å². The number of rotatable bonds is 3. The Bertz CT molecular complexity index is 917. The molecule has 0 aliphatic carbocycles. The maximum Gasteiger partial charge on any atom is 0.267 e. The first-order valence-corrected chi connectivity index (χ1v) is 7.88. The highest BCUT2D eigenvalue weighted by atomic mass is 19.3. The lowest BCUT2D eigenvalue weighted by molar-refractivity contribution is 0.0117. The van der Waals surface area contributed by atoms with Crippen LogP contribution in [0.4, 0.5) is 8.78 Å². The van der Waals surface area contributed by atoms with Crippen LogP contribution in [0.3, 0.4) is 0 Å². The van der Waals surface area contributed by atoms with Gasteiger partial charge in [0.1, 0.15) is 6.04 Å². The van der Waals surface area contributed by atoms with Gasteiger partial charge in [-0.1, -0.05) is 35.5 Å². The molecule has 0 unspecified atom stereocenters. The second-order valence-electron chi connectivity index (χ2n) is 5.96. The van der Waals surface area contributed by atoms with E-state index in [1.54, 1.807) is 24.3 Å². The van der Waals surface area contributed by atoms with E-state index in [0.717, 1.165) is 4.90 Å². The first-order chi connectivity index (χ1) is 12.5. The molecule has 1 aliphatic heterocycles. The summed E-state index contributed by atoms with van der Waals surface area (Å²) in [5, 5.41) is 11.1. The van der Waals surface area contributed by atoms with Crippen molar-refractivity contribution < 1.29 is 18.1 Å². The zero-order valence-corrected chi connectivity index (χ0v) is 13.4. The standard InChI is InChI=1S/C17H13F2N5O2/c18-17(19)8-13(24(10-17)16(25)12-6-7-20-21-9-12)15-22-14(23-26-15)11-4-2-1-3-5-11/h1-7,9,13H,8,10H2/t13-/m0/s1. The summed E-state index contributed by atoms with van der Waals surface area (Å²) in [6, 6.07) is 9.43. The van der Waals surface area contributed by atoms with Crippen molar-refractivity contribution in [1.82, 2.24) is 25.2 Å². The number of halogens is 2. The number of aromatic nitrogens is 4. The Morgan fingerprint density at radius 1 is 1.19 bits per heavy atom. The molecular formula is C17H13F2N5O2. The van der Waals surface area contributed by atoms with Crippen molar-refractivity contribution in [3.8, 4) is 11.4 Å². The van der Waals surface area contributed by atoms with Gasteiger partial charge in [0, 0.05) is 12.0 Å². The van der Waals surface area contributed by atoms with Crippen LogP contribution in [-0.2, 0) is 0 Å². The van der Waals surface area contributed by atoms with Gasteiger partial charge < -0.3 is 9.42 Å². The van der Waals surface area contributed by atoms with Crippen molar-refractivity contribution in [2.75, 3.05) is 6.54 Å². The average Bonchev–Trinajstić information content (AvgIpc) is 3.27. The van der Waals surface area contributed by atoms with E-state index in [-0.39, 0.29) is 17.3 Å². The highest BCUT2D eigenvalue weighted by molar-refractivity contribution is 5.94. The molecule has 0 bridgehead atoms. The SMILES string of the molecule is O=C(c1ccnnc1)N1CC(F)(F)C[C@H]1c1nc(-c2ccccc2)no1. The molecule has 0 N–H and O–H groups in total. The summed E-state index contributed by atoms with van der Waals surface area (Å²) in [6.07, 6.45) is 1.99. The predicted molar refractivity (Wildman–Crippen MR) is 85.1 cm³/mol. The normalized spacial score (nSPS) is 18.8. The molecule has 4 rings (SSSR count). The van der Waals surface area contributed by atoms with Gasteiger partial charge in [-0.2, -0.15) is 15.2 Å². The van der Waals surface area contributed by atoms with Gasteiger partial charge >= 0.3 is 0 Å². The number of amides is 1. The largest absolute Gasteiger partial charge is 0.337 e. The van der Waals surface area contributed by atoms with E-state index in [0.29, 0.717) is 5.56 Å². The first-order valence-electron chi connectivity index (χ1n) is 7.88. The maximum absolute atomic E-state index is 14.0. The van der Waals surface area contributed by atoms with E-state index in [4.69, 9.17) is 4.52 Å². The van der Waals surface area contributed by atoms with Gasteiger partial charge in [0.05, 0.1) is 24.5 Å². The van der Waals surface area contributed by atoms with Gasteiger partial charge in [-0.25, -0.2) is 8.78 Å². The molecule has 7 nitrogen and oxygen atoms in total. The van der Waals surface area contributed by atoms with Gasteiger partial charge in [-0.15, -0.1) is 0 Å². The molecule has 0 radical (unpaired) electrons. The minimum absolute atomic E-state index is 0.0172. The number of likely N-dealkylation sites (tertiary alicyclic amines) is 1. The van der Waals surface area contributed by atoms with Crippen LogP contribution in [0.25, 0.3) is 11.4 Å². The summed E-state index contributed by atoms with van der Waals surface area (Å²) in [7, 11) is 0. The monoisotopic (exact) mass is 357 g/mol. The van der Waals surface area contributed by atoms with Crippen LogP contribution in [0.15, 0.2) is 53.3 Å². The molecule has 1 aliphatic rings. The summed E-state index contributed by atoms with van der Waals surface area (Å²) < 4.78 is 33.2. The predicted octanol–water partition coefficient (Wildman–Crippen LogP) is 2.75. The van der Waals surface area contributed by atoms with Crippen molar-refractivity contribution >= 4 is 5.91 Å². The Balaban J connectivity index is 1.66. The van der Waals surface area contributed by atoms with E-state index >= 15 is 0 Å². The van der Waals surface area contributed by atoms with Crippen molar-refractivity contribution in [3.05, 3.63) is 60.2 Å². The summed E-state index contributed by atoms with van der Waals surface area (Å²) >= 11 is 0. The minimum Gasteiger partial charge on any atom is -0.337 e. The number of alkyl halides is 2. The zero-order chi connectivity index (χ0) is 18.1. The smallest absolute Gasteiger partial charge is 0.267 e. The molecular weight excluding hydrogens is 344 g/mol. The van der Waals surface area contributed by atoms with Gasteiger partial charge in [-0.3, -0.25) is 4.79 Å². The van der Waals surface area contributed by atoms with E-state index in [1.807, 2.05) is 6.07 Å². The lowest BCUT2D eigenvalue weighted by Gasteiger charge is -2.20. The fourth-order valence-corrected chi connectivity index (χ4v) is 2.91. The van der Waals surface area contributed by atoms with Crippen LogP contribution in [0.2, 0.25) is 0 Å². The van der Waals surface area contributed by atoms with Crippen molar-refractivity contribution in [2.24, 2.45) is 0 Å². The van der Waals surface area contributed by atoms with E-state index in [9.17, 15) is 13.6 Å². The van der Waals surface area contributed by atoms with Gasteiger partial charge in [-0.05, 0) is 6.07 Å². The third kappa shape index (κ3) is 3.03. The third-order valence-corrected chi connectivity index (χ3v) is 4.12. The molecule has 26 heavy (non-hydrogen) atoms. The molecule has 0 spiro atoms. The van der Waals surface area contributed by atoms with Crippen LogP contribution < -0.4 is 0 Å². The number of carbonyl (C=O) groups is 1. The number of hydrogen-bond donors (Lipinski definition) is 0. The van der Waals surface area contributed by atoms with Gasteiger partial charge in [0.25, 0.3) is 11.8 Å². The average molecular weight is 357 g/mol. The van der Waals surface area contributed by atoms with Gasteiger partial charge in [0.15, 0.2) is 0 Å². The van der Waals surface area contributed by atoms with Crippen LogP contribution in [0, 0.1) is 0 Å². The van der Waals surface area contributed by atoms with Crippen LogP contribution in [0.5, 0.6) is 0 Å². The van der Waals surface area contributed by atoms with E-state index < -0.39 is 30.8 Å². The van der Waals surface area contributed by atoms with Crippen molar-refractivity contribution in [3.63, 3.8) is 0 Å². The number of nitrogens with zero attached hydrogens (tertiary/aromatic N) is 5. The molecule has 1 atom stereocenters. The van der Waals surface area contributed by atoms with Crippen LogP contribution in [0.1, 0.15) is 28.7 Å². The molecule has 132 valence electrons. The van der Waals surface area contributed by atoms with Crippen LogP contribution in [-0.4, -0.2) is 43.6 Å². The second kappa shape index (κ2) is 6.25. The molecule has 3 heterocycles. The fraction of sp³-hybridized carbons (Fsp3) is 0.235. The van der Waals surface area contributed by atoms with Crippen molar-refractivity contribution in [1.29, 1.82) is 0 Å². The van der Waals surface area contributed by atoms with Crippen molar-refractivity contribution in [2.45, 2.75) is 18.4 Å². The Morgan fingerprint density at radius 3 is 2.73 bits per heavy atom. The second-order valence-corrected chi connectivity index (χ2v) is 5.96. The fourth-order valence-electron chi connectivity index (χ4n) is 2.91. The molecule has 1 fully saturated rings. The van der Waals surface area contributed by atoms with E-state index in [2.05, 4.69) is 20.3 Å². The summed E-state index contributed by atoms with van der Waals surface area (Å²) in [5.41, 5.74) is 0.869. The summed E-state index contributed by atoms with van der Waals surface area (Å²) in [6.45, 7) is -0.720. The Labute approximate surface area is 146 Å². The number of carbonyl (C=O) groups excluding carboxylic acids is 1. The maximum atomic E-state index is 14.0. The quantitative estimate of drug-likeness (QED) is 0.717. The number of benzene rings is 1. The first kappa shape index (κ1) is 16.2. The lowest BCUT2D eigenvalue weighted by Crippen LogP contribution is -2.33. The Kier molecular flexibility index (Phi) is 3.90. The van der Waals surface area contributed by atoms with E-state index in [1.165, 1.54) is 18.5 Å². The zero-order valence-electron chi connectivity index (χ0n) is 13.4. The highest BCUT2D eigenvalue weighted by Gasteiger charge is 2.50. The highest BCUT2D eigenvalue weighted by Crippen LogP contribution is 2.41. The topological polar surface area (TPSA) is 85.0 Å². The molecule has 2 aromatic heterocycles. The third-order valence-electron chi connectivity index (χ3n) is 4.12. The molecule has 9 heteroatoms. The lowest BCUT2D eigenvalue weighted by atomic mass is 10.1. The summed E-state index contributed by atoms with van der Waals surface area (Å²) in [4.78, 5) is 17.9. The number of hydrogen-bond acceptors (Lipinski definition) is 6. The minimum atomic E-state index is -3.04. The Hall–Kier alpha value is -3.23. The molecule has 1 amide bonds. The summed E-state index contributed by atoms with van der Waals surface area (Å²) in [5.74, 6) is -3.35.